The largest absolute Gasteiger partial charge is 0.434 e. The van der Waals surface area contributed by atoms with Gasteiger partial charge < -0.3 is 16.0 Å². The highest BCUT2D eigenvalue weighted by atomic mass is 35.5. The molecule has 4 heterocycles. The zero-order valence-corrected chi connectivity index (χ0v) is 16.9. The highest BCUT2D eigenvalue weighted by molar-refractivity contribution is 6.30. The molecule has 0 aromatic carbocycles. The number of nitrogens with two attached hydrogens (primary N) is 1. The predicted octanol–water partition coefficient (Wildman–Crippen LogP) is 3.48. The van der Waals surface area contributed by atoms with Crippen LogP contribution in [0.5, 0.6) is 0 Å². The van der Waals surface area contributed by atoms with Gasteiger partial charge in [0.15, 0.2) is 17.2 Å². The van der Waals surface area contributed by atoms with Crippen LogP contribution in [-0.2, 0) is 6.18 Å². The maximum absolute atomic E-state index is 13.1. The van der Waals surface area contributed by atoms with Crippen molar-refractivity contribution in [2.75, 3.05) is 18.0 Å². The number of anilines is 1. The van der Waals surface area contributed by atoms with E-state index in [0.29, 0.717) is 23.6 Å². The Hall–Kier alpha value is -3.21. The van der Waals surface area contributed by atoms with E-state index in [1.807, 2.05) is 4.90 Å². The molecule has 1 atom stereocenters. The average molecular weight is 451 g/mol. The van der Waals surface area contributed by atoms with Crippen molar-refractivity contribution in [3.8, 4) is 11.5 Å². The summed E-state index contributed by atoms with van der Waals surface area (Å²) in [6, 6.07) is 1.73. The average Bonchev–Trinajstić information content (AvgIpc) is 3.17. The van der Waals surface area contributed by atoms with E-state index in [9.17, 15) is 13.2 Å². The lowest BCUT2D eigenvalue weighted by atomic mass is 9.91. The molecule has 162 valence electrons. The maximum Gasteiger partial charge on any atom is 0.434 e. The Kier molecular flexibility index (Phi) is 5.52. The fourth-order valence-electron chi connectivity index (χ4n) is 3.67. The SMILES string of the molecule is N=C/C(=C(\N)Cl)C1CCCN(c2ccnc(-c3cnc4cnc(C(F)(F)F)cn34)n2)C1. The summed E-state index contributed by atoms with van der Waals surface area (Å²) < 4.78 is 40.5. The quantitative estimate of drug-likeness (QED) is 0.465. The molecule has 0 amide bonds. The first kappa shape index (κ1) is 21.0. The Balaban J connectivity index is 1.68. The second kappa shape index (κ2) is 8.14. The van der Waals surface area contributed by atoms with Crippen molar-refractivity contribution >= 4 is 29.3 Å². The molecule has 1 aliphatic heterocycles. The van der Waals surface area contributed by atoms with Crippen LogP contribution < -0.4 is 10.6 Å². The lowest BCUT2D eigenvalue weighted by Crippen LogP contribution is -2.37. The third-order valence-electron chi connectivity index (χ3n) is 5.17. The molecule has 0 bridgehead atoms. The third kappa shape index (κ3) is 4.18. The van der Waals surface area contributed by atoms with Crippen LogP contribution in [0.15, 0.2) is 41.6 Å². The second-order valence-corrected chi connectivity index (χ2v) is 7.52. The van der Waals surface area contributed by atoms with Gasteiger partial charge >= 0.3 is 6.18 Å². The fraction of sp³-hybridized carbons (Fsp3) is 0.316. The molecule has 3 aromatic heterocycles. The van der Waals surface area contributed by atoms with Gasteiger partial charge in [-0.05, 0) is 18.9 Å². The molecule has 31 heavy (non-hydrogen) atoms. The van der Waals surface area contributed by atoms with Crippen molar-refractivity contribution in [2.24, 2.45) is 11.7 Å². The number of imidazole rings is 1. The van der Waals surface area contributed by atoms with Crippen LogP contribution in [0.3, 0.4) is 0 Å². The van der Waals surface area contributed by atoms with E-state index in [1.54, 1.807) is 12.3 Å². The minimum Gasteiger partial charge on any atom is -0.389 e. The first-order valence-electron chi connectivity index (χ1n) is 9.42. The molecule has 1 aliphatic rings. The van der Waals surface area contributed by atoms with Gasteiger partial charge in [-0.2, -0.15) is 13.2 Å². The Bertz CT molecular complexity index is 1150. The minimum absolute atomic E-state index is 0.0154. The van der Waals surface area contributed by atoms with E-state index >= 15 is 0 Å². The molecule has 3 aromatic rings. The molecule has 8 nitrogen and oxygen atoms in total. The summed E-state index contributed by atoms with van der Waals surface area (Å²) in [4.78, 5) is 18.3. The van der Waals surface area contributed by atoms with Gasteiger partial charge in [0.2, 0.25) is 0 Å². The molecule has 4 rings (SSSR count). The van der Waals surface area contributed by atoms with Gasteiger partial charge in [0.1, 0.15) is 16.7 Å². The van der Waals surface area contributed by atoms with Crippen molar-refractivity contribution in [1.82, 2.24) is 24.3 Å². The Morgan fingerprint density at radius 3 is 2.77 bits per heavy atom. The van der Waals surface area contributed by atoms with Crippen LogP contribution >= 0.6 is 11.6 Å². The molecule has 1 saturated heterocycles. The van der Waals surface area contributed by atoms with E-state index in [1.165, 1.54) is 16.8 Å². The van der Waals surface area contributed by atoms with E-state index in [4.69, 9.17) is 22.7 Å². The molecule has 1 unspecified atom stereocenters. The second-order valence-electron chi connectivity index (χ2n) is 7.11. The minimum atomic E-state index is -4.58. The van der Waals surface area contributed by atoms with Gasteiger partial charge in [-0.1, -0.05) is 11.6 Å². The number of fused-ring (bicyclic) bond motifs is 1. The Morgan fingerprint density at radius 2 is 2.06 bits per heavy atom. The summed E-state index contributed by atoms with van der Waals surface area (Å²) in [7, 11) is 0. The number of aromatic nitrogens is 5. The number of hydrogen-bond acceptors (Lipinski definition) is 7. The van der Waals surface area contributed by atoms with Gasteiger partial charge in [-0.25, -0.2) is 19.9 Å². The molecular weight excluding hydrogens is 433 g/mol. The first-order chi connectivity index (χ1) is 14.8. The highest BCUT2D eigenvalue weighted by Gasteiger charge is 2.33. The van der Waals surface area contributed by atoms with Gasteiger partial charge in [0, 0.05) is 43.2 Å². The molecule has 0 radical (unpaired) electrons. The Labute approximate surface area is 180 Å². The van der Waals surface area contributed by atoms with Crippen molar-refractivity contribution < 1.29 is 13.2 Å². The van der Waals surface area contributed by atoms with Crippen LogP contribution in [0, 0.1) is 11.3 Å². The summed E-state index contributed by atoms with van der Waals surface area (Å²) in [5.41, 5.74) is 5.83. The number of nitrogens with zero attached hydrogens (tertiary/aromatic N) is 6. The number of hydrogen-bond donors (Lipinski definition) is 2. The standard InChI is InChI=1S/C19H18ClF3N8/c20-17(25)12(6-24)11-2-1-5-30(9-11)15-3-4-26-18(29-15)13-7-28-16-8-27-14(10-31(13)16)19(21,22)23/h3-4,6-8,10-11,24H,1-2,5,9,25H2/b17-12+,24-6?. The zero-order valence-electron chi connectivity index (χ0n) is 16.1. The van der Waals surface area contributed by atoms with Crippen molar-refractivity contribution in [2.45, 2.75) is 19.0 Å². The summed E-state index contributed by atoms with van der Waals surface area (Å²) in [5, 5.41) is 7.68. The van der Waals surface area contributed by atoms with Crippen molar-refractivity contribution in [1.29, 1.82) is 5.41 Å². The van der Waals surface area contributed by atoms with Gasteiger partial charge in [-0.15, -0.1) is 0 Å². The summed E-state index contributed by atoms with van der Waals surface area (Å²) in [6.45, 7) is 1.29. The summed E-state index contributed by atoms with van der Waals surface area (Å²) >= 11 is 5.93. The van der Waals surface area contributed by atoms with E-state index < -0.39 is 11.9 Å². The maximum atomic E-state index is 13.1. The lowest BCUT2D eigenvalue weighted by molar-refractivity contribution is -0.141. The van der Waals surface area contributed by atoms with Gasteiger partial charge in [0.25, 0.3) is 0 Å². The molecule has 3 N–H and O–H groups in total. The van der Waals surface area contributed by atoms with Crippen LogP contribution in [0.4, 0.5) is 19.0 Å². The summed E-state index contributed by atoms with van der Waals surface area (Å²) in [5.74, 6) is 0.844. The van der Waals surface area contributed by atoms with E-state index in [0.717, 1.165) is 31.8 Å². The number of piperidine rings is 1. The predicted molar refractivity (Wildman–Crippen MR) is 110 cm³/mol. The van der Waals surface area contributed by atoms with Crippen LogP contribution in [0.25, 0.3) is 17.2 Å². The normalized spacial score (nSPS) is 18.2. The van der Waals surface area contributed by atoms with Crippen molar-refractivity contribution in [3.63, 3.8) is 0 Å². The van der Waals surface area contributed by atoms with Gasteiger partial charge in [0.05, 0.1) is 12.4 Å². The molecule has 0 spiro atoms. The third-order valence-corrected chi connectivity index (χ3v) is 5.39. The van der Waals surface area contributed by atoms with Crippen LogP contribution in [0.2, 0.25) is 0 Å². The zero-order chi connectivity index (χ0) is 22.2. The van der Waals surface area contributed by atoms with E-state index in [-0.39, 0.29) is 22.5 Å². The number of rotatable bonds is 4. The highest BCUT2D eigenvalue weighted by Crippen LogP contribution is 2.30. The molecule has 12 heteroatoms. The topological polar surface area (TPSA) is 109 Å². The van der Waals surface area contributed by atoms with Crippen molar-refractivity contribution in [3.05, 3.63) is 47.3 Å². The number of halogens is 4. The van der Waals surface area contributed by atoms with E-state index in [2.05, 4.69) is 19.9 Å². The Morgan fingerprint density at radius 1 is 1.26 bits per heavy atom. The molecular formula is C19H18ClF3N8. The smallest absolute Gasteiger partial charge is 0.389 e. The number of alkyl halides is 3. The number of nitrogens with one attached hydrogen (secondary N) is 1. The van der Waals surface area contributed by atoms with Gasteiger partial charge in [-0.3, -0.25) is 4.40 Å². The monoisotopic (exact) mass is 450 g/mol. The summed E-state index contributed by atoms with van der Waals surface area (Å²) in [6.07, 6.45) is 3.20. The fourth-order valence-corrected chi connectivity index (χ4v) is 3.88. The lowest BCUT2D eigenvalue weighted by Gasteiger charge is -2.34. The molecule has 1 fully saturated rings. The van der Waals surface area contributed by atoms with Crippen LogP contribution in [0.1, 0.15) is 18.5 Å². The molecule has 0 saturated carbocycles. The van der Waals surface area contributed by atoms with Crippen LogP contribution in [-0.4, -0.2) is 43.6 Å². The first-order valence-corrected chi connectivity index (χ1v) is 9.80. The molecule has 0 aliphatic carbocycles.